The molecule has 2 aromatic carbocycles. The Bertz CT molecular complexity index is 1300. The van der Waals surface area contributed by atoms with Gasteiger partial charge in [0.2, 0.25) is 12.7 Å². The van der Waals surface area contributed by atoms with E-state index in [0.717, 1.165) is 34.0 Å². The standard InChI is InChI=1S/C26H25N5O3S/c1-2-30(15-20-10-11-22-23(13-20)34-18-33-22)24(32)17-35-26-29-28-25(21-9-6-12-27-14-21)31(26)16-19-7-4-3-5-8-19/h3-14H,2,15-18H2,1H3. The van der Waals surface area contributed by atoms with Crippen molar-refractivity contribution >= 4 is 17.7 Å². The summed E-state index contributed by atoms with van der Waals surface area (Å²) in [6.07, 6.45) is 3.50. The minimum atomic E-state index is 0.0346. The first-order chi connectivity index (χ1) is 17.2. The van der Waals surface area contributed by atoms with Crippen molar-refractivity contribution in [1.82, 2.24) is 24.6 Å². The van der Waals surface area contributed by atoms with Crippen LogP contribution in [-0.4, -0.2) is 49.6 Å². The summed E-state index contributed by atoms with van der Waals surface area (Å²) in [7, 11) is 0. The lowest BCUT2D eigenvalue weighted by atomic mass is 10.2. The number of nitrogens with zero attached hydrogens (tertiary/aromatic N) is 5. The second-order valence-electron chi connectivity index (χ2n) is 8.00. The highest BCUT2D eigenvalue weighted by Gasteiger charge is 2.20. The quantitative estimate of drug-likeness (QED) is 0.326. The Morgan fingerprint density at radius 2 is 1.89 bits per heavy atom. The third kappa shape index (κ3) is 5.30. The molecule has 1 aliphatic rings. The Labute approximate surface area is 207 Å². The molecular weight excluding hydrogens is 462 g/mol. The normalized spacial score (nSPS) is 12.0. The molecule has 1 aliphatic heterocycles. The SMILES string of the molecule is CCN(Cc1ccc2c(c1)OCO2)C(=O)CSc1nnc(-c2cccnc2)n1Cc1ccccc1. The number of benzene rings is 2. The van der Waals surface area contributed by atoms with E-state index in [1.54, 1.807) is 12.4 Å². The Hall–Kier alpha value is -3.85. The van der Waals surface area contributed by atoms with Gasteiger partial charge in [0.25, 0.3) is 0 Å². The van der Waals surface area contributed by atoms with Crippen molar-refractivity contribution in [3.05, 3.63) is 84.2 Å². The summed E-state index contributed by atoms with van der Waals surface area (Å²) in [6.45, 7) is 3.92. The van der Waals surface area contributed by atoms with Gasteiger partial charge in [-0.2, -0.15) is 0 Å². The van der Waals surface area contributed by atoms with Crippen LogP contribution >= 0.6 is 11.8 Å². The van der Waals surface area contributed by atoms with Crippen LogP contribution in [0.1, 0.15) is 18.1 Å². The molecule has 4 aromatic rings. The molecule has 9 heteroatoms. The van der Waals surface area contributed by atoms with Crippen LogP contribution in [0, 0.1) is 0 Å². The smallest absolute Gasteiger partial charge is 0.233 e. The highest BCUT2D eigenvalue weighted by molar-refractivity contribution is 7.99. The summed E-state index contributed by atoms with van der Waals surface area (Å²) in [5, 5.41) is 9.54. The molecule has 0 saturated carbocycles. The third-order valence-electron chi connectivity index (χ3n) is 5.69. The maximum Gasteiger partial charge on any atom is 0.233 e. The van der Waals surface area contributed by atoms with Crippen molar-refractivity contribution in [2.75, 3.05) is 19.1 Å². The molecule has 2 aromatic heterocycles. The first-order valence-electron chi connectivity index (χ1n) is 11.4. The fraction of sp³-hybridized carbons (Fsp3) is 0.231. The van der Waals surface area contributed by atoms with Gasteiger partial charge in [0, 0.05) is 31.0 Å². The number of thioether (sulfide) groups is 1. The van der Waals surface area contributed by atoms with Crippen LogP contribution in [-0.2, 0) is 17.9 Å². The minimum absolute atomic E-state index is 0.0346. The van der Waals surface area contributed by atoms with Gasteiger partial charge in [-0.1, -0.05) is 48.2 Å². The largest absolute Gasteiger partial charge is 0.454 e. The molecule has 178 valence electrons. The fourth-order valence-electron chi connectivity index (χ4n) is 3.87. The van der Waals surface area contributed by atoms with Crippen LogP contribution in [0.15, 0.2) is 78.2 Å². The van der Waals surface area contributed by atoms with Crippen LogP contribution < -0.4 is 9.47 Å². The Morgan fingerprint density at radius 3 is 2.69 bits per heavy atom. The number of carbonyl (C=O) groups is 1. The monoisotopic (exact) mass is 487 g/mol. The summed E-state index contributed by atoms with van der Waals surface area (Å²) in [5.41, 5.74) is 3.01. The zero-order valence-corrected chi connectivity index (χ0v) is 20.1. The molecule has 8 nitrogen and oxygen atoms in total. The van der Waals surface area contributed by atoms with E-state index in [9.17, 15) is 4.79 Å². The van der Waals surface area contributed by atoms with E-state index in [0.29, 0.717) is 24.8 Å². The number of carbonyl (C=O) groups excluding carboxylic acids is 1. The van der Waals surface area contributed by atoms with Gasteiger partial charge in [-0.15, -0.1) is 10.2 Å². The molecule has 0 radical (unpaired) electrons. The van der Waals surface area contributed by atoms with E-state index in [-0.39, 0.29) is 18.5 Å². The van der Waals surface area contributed by atoms with Crippen molar-refractivity contribution < 1.29 is 14.3 Å². The highest BCUT2D eigenvalue weighted by atomic mass is 32.2. The van der Waals surface area contributed by atoms with E-state index in [1.807, 2.05) is 64.9 Å². The first kappa shape index (κ1) is 22.9. The predicted octanol–water partition coefficient (Wildman–Crippen LogP) is 4.26. The van der Waals surface area contributed by atoms with Crippen LogP contribution in [0.5, 0.6) is 11.5 Å². The third-order valence-corrected chi connectivity index (χ3v) is 6.64. The number of rotatable bonds is 9. The van der Waals surface area contributed by atoms with Crippen LogP contribution in [0.2, 0.25) is 0 Å². The lowest BCUT2D eigenvalue weighted by Crippen LogP contribution is -2.31. The molecule has 35 heavy (non-hydrogen) atoms. The number of hydrogen-bond donors (Lipinski definition) is 0. The molecule has 0 fully saturated rings. The van der Waals surface area contributed by atoms with Gasteiger partial charge in [0.1, 0.15) is 0 Å². The van der Waals surface area contributed by atoms with Crippen molar-refractivity contribution in [1.29, 1.82) is 0 Å². The number of aromatic nitrogens is 4. The van der Waals surface area contributed by atoms with E-state index in [2.05, 4.69) is 27.3 Å². The lowest BCUT2D eigenvalue weighted by molar-refractivity contribution is -0.128. The van der Waals surface area contributed by atoms with Gasteiger partial charge in [0.05, 0.1) is 12.3 Å². The Kier molecular flexibility index (Phi) is 6.94. The van der Waals surface area contributed by atoms with Crippen molar-refractivity contribution in [2.24, 2.45) is 0 Å². The van der Waals surface area contributed by atoms with Crippen LogP contribution in [0.25, 0.3) is 11.4 Å². The topological polar surface area (TPSA) is 82.4 Å². The minimum Gasteiger partial charge on any atom is -0.454 e. The summed E-state index contributed by atoms with van der Waals surface area (Å²) in [6, 6.07) is 19.8. The van der Waals surface area contributed by atoms with Gasteiger partial charge in [-0.3, -0.25) is 14.3 Å². The van der Waals surface area contributed by atoms with E-state index < -0.39 is 0 Å². The van der Waals surface area contributed by atoms with Gasteiger partial charge in [-0.25, -0.2) is 0 Å². The van der Waals surface area contributed by atoms with Gasteiger partial charge < -0.3 is 14.4 Å². The van der Waals surface area contributed by atoms with Crippen molar-refractivity contribution in [3.8, 4) is 22.9 Å². The van der Waals surface area contributed by atoms with Gasteiger partial charge in [-0.05, 0) is 42.3 Å². The molecule has 0 atom stereocenters. The first-order valence-corrected chi connectivity index (χ1v) is 12.4. The molecule has 0 saturated heterocycles. The zero-order valence-electron chi connectivity index (χ0n) is 19.3. The number of pyridine rings is 1. The van der Waals surface area contributed by atoms with Crippen LogP contribution in [0.3, 0.4) is 0 Å². The maximum atomic E-state index is 13.1. The highest BCUT2D eigenvalue weighted by Crippen LogP contribution is 2.33. The fourth-order valence-corrected chi connectivity index (χ4v) is 4.71. The van der Waals surface area contributed by atoms with Gasteiger partial charge in [0.15, 0.2) is 22.5 Å². The lowest BCUT2D eigenvalue weighted by Gasteiger charge is -2.21. The number of ether oxygens (including phenoxy) is 2. The molecule has 0 unspecified atom stereocenters. The second kappa shape index (κ2) is 10.6. The maximum absolute atomic E-state index is 13.1. The predicted molar refractivity (Wildman–Crippen MR) is 133 cm³/mol. The summed E-state index contributed by atoms with van der Waals surface area (Å²) < 4.78 is 12.9. The van der Waals surface area contributed by atoms with E-state index in [4.69, 9.17) is 9.47 Å². The van der Waals surface area contributed by atoms with Crippen molar-refractivity contribution in [3.63, 3.8) is 0 Å². The summed E-state index contributed by atoms with van der Waals surface area (Å²) in [5.74, 6) is 2.48. The van der Waals surface area contributed by atoms with E-state index in [1.165, 1.54) is 11.8 Å². The Morgan fingerprint density at radius 1 is 1.03 bits per heavy atom. The Balaban J connectivity index is 1.31. The molecule has 0 spiro atoms. The summed E-state index contributed by atoms with van der Waals surface area (Å²) >= 11 is 1.40. The van der Waals surface area contributed by atoms with Crippen molar-refractivity contribution in [2.45, 2.75) is 25.2 Å². The molecular formula is C26H25N5O3S. The average molecular weight is 488 g/mol. The molecule has 0 aliphatic carbocycles. The molecule has 5 rings (SSSR count). The van der Waals surface area contributed by atoms with E-state index >= 15 is 0 Å². The molecule has 1 amide bonds. The molecule has 0 N–H and O–H groups in total. The molecule has 0 bridgehead atoms. The number of hydrogen-bond acceptors (Lipinski definition) is 7. The zero-order chi connectivity index (χ0) is 24.0. The number of fused-ring (bicyclic) bond motifs is 1. The number of amides is 1. The summed E-state index contributed by atoms with van der Waals surface area (Å²) in [4.78, 5) is 19.2. The second-order valence-corrected chi connectivity index (χ2v) is 8.95. The average Bonchev–Trinajstić information content (AvgIpc) is 3.53. The molecule has 3 heterocycles. The van der Waals surface area contributed by atoms with Crippen LogP contribution in [0.4, 0.5) is 0 Å². The van der Waals surface area contributed by atoms with Gasteiger partial charge >= 0.3 is 0 Å².